The van der Waals surface area contributed by atoms with Crippen molar-refractivity contribution in [2.75, 3.05) is 27.2 Å². The average molecular weight is 248 g/mol. The molecule has 0 fully saturated rings. The Morgan fingerprint density at radius 2 is 1.94 bits per heavy atom. The van der Waals surface area contributed by atoms with E-state index in [1.54, 1.807) is 18.2 Å². The number of carbonyl (C=O) groups excluding carboxylic acids is 2. The van der Waals surface area contributed by atoms with E-state index in [9.17, 15) is 9.59 Å². The summed E-state index contributed by atoms with van der Waals surface area (Å²) >= 11 is 0. The largest absolute Gasteiger partial charge is 0.497 e. The third kappa shape index (κ3) is 2.09. The second-order valence-electron chi connectivity index (χ2n) is 4.13. The van der Waals surface area contributed by atoms with Gasteiger partial charge in [0.2, 0.25) is 0 Å². The van der Waals surface area contributed by atoms with Crippen molar-refractivity contribution in [3.05, 3.63) is 29.3 Å². The van der Waals surface area contributed by atoms with Gasteiger partial charge in [-0.25, -0.2) is 0 Å². The van der Waals surface area contributed by atoms with E-state index in [-0.39, 0.29) is 11.8 Å². The summed E-state index contributed by atoms with van der Waals surface area (Å²) in [5, 5.41) is 2.99. The lowest BCUT2D eigenvalue weighted by Gasteiger charge is -2.12. The van der Waals surface area contributed by atoms with Gasteiger partial charge < -0.3 is 10.1 Å². The fraction of sp³-hybridized carbons (Fsp3) is 0.385. The molecule has 1 heterocycles. The molecular weight excluding hydrogens is 232 g/mol. The van der Waals surface area contributed by atoms with E-state index >= 15 is 0 Å². The number of fused-ring (bicyclic) bond motifs is 1. The number of methoxy groups -OCH3 is 1. The summed E-state index contributed by atoms with van der Waals surface area (Å²) in [6, 6.07) is 4.96. The van der Waals surface area contributed by atoms with Crippen molar-refractivity contribution >= 4 is 11.8 Å². The molecule has 0 unspecified atom stereocenters. The van der Waals surface area contributed by atoms with Gasteiger partial charge in [0.1, 0.15) is 5.75 Å². The first kappa shape index (κ1) is 12.6. The van der Waals surface area contributed by atoms with Gasteiger partial charge in [-0.05, 0) is 38.2 Å². The molecular formula is C13H16N2O3. The average Bonchev–Trinajstić information content (AvgIpc) is 2.63. The van der Waals surface area contributed by atoms with Gasteiger partial charge in [-0.3, -0.25) is 14.5 Å². The minimum Gasteiger partial charge on any atom is -0.497 e. The predicted molar refractivity (Wildman–Crippen MR) is 66.9 cm³/mol. The van der Waals surface area contributed by atoms with Crippen molar-refractivity contribution in [1.29, 1.82) is 0 Å². The van der Waals surface area contributed by atoms with Crippen molar-refractivity contribution in [2.45, 2.75) is 6.42 Å². The molecule has 0 saturated heterocycles. The van der Waals surface area contributed by atoms with Crippen LogP contribution in [0.15, 0.2) is 18.2 Å². The van der Waals surface area contributed by atoms with E-state index in [4.69, 9.17) is 4.74 Å². The Kier molecular flexibility index (Phi) is 3.62. The first-order valence-corrected chi connectivity index (χ1v) is 5.88. The zero-order valence-corrected chi connectivity index (χ0v) is 10.5. The Labute approximate surface area is 106 Å². The first-order valence-electron chi connectivity index (χ1n) is 5.88. The monoisotopic (exact) mass is 248 g/mol. The first-order chi connectivity index (χ1) is 8.69. The Bertz CT molecular complexity index is 485. The fourth-order valence-electron chi connectivity index (χ4n) is 2.01. The quantitative estimate of drug-likeness (QED) is 0.621. The molecule has 1 N–H and O–H groups in total. The Morgan fingerprint density at radius 3 is 2.61 bits per heavy atom. The van der Waals surface area contributed by atoms with Gasteiger partial charge in [0.25, 0.3) is 11.8 Å². The maximum Gasteiger partial charge on any atom is 0.261 e. The minimum atomic E-state index is -0.231. The SMILES string of the molecule is CNCCCN1C(=O)c2ccc(OC)cc2C1=O. The number of carbonyl (C=O) groups is 2. The highest BCUT2D eigenvalue weighted by molar-refractivity contribution is 6.21. The van der Waals surface area contributed by atoms with E-state index < -0.39 is 0 Å². The van der Waals surface area contributed by atoms with Crippen LogP contribution in [-0.4, -0.2) is 44.0 Å². The summed E-state index contributed by atoms with van der Waals surface area (Å²) in [6.45, 7) is 1.21. The normalized spacial score (nSPS) is 14.0. The number of ether oxygens (including phenoxy) is 1. The van der Waals surface area contributed by atoms with Crippen LogP contribution in [0.2, 0.25) is 0 Å². The molecule has 1 aromatic rings. The lowest BCUT2D eigenvalue weighted by molar-refractivity contribution is 0.0653. The number of amides is 2. The Morgan fingerprint density at radius 1 is 1.22 bits per heavy atom. The third-order valence-electron chi connectivity index (χ3n) is 2.99. The van der Waals surface area contributed by atoms with E-state index in [1.807, 2.05) is 7.05 Å². The molecule has 18 heavy (non-hydrogen) atoms. The van der Waals surface area contributed by atoms with Crippen LogP contribution in [0.25, 0.3) is 0 Å². The molecule has 96 valence electrons. The van der Waals surface area contributed by atoms with E-state index in [0.29, 0.717) is 23.4 Å². The topological polar surface area (TPSA) is 58.6 Å². The van der Waals surface area contributed by atoms with E-state index in [1.165, 1.54) is 12.0 Å². The number of imide groups is 1. The molecule has 0 saturated carbocycles. The number of hydrogen-bond donors (Lipinski definition) is 1. The number of nitrogens with zero attached hydrogens (tertiary/aromatic N) is 1. The van der Waals surface area contributed by atoms with Crippen LogP contribution in [0, 0.1) is 0 Å². The van der Waals surface area contributed by atoms with Gasteiger partial charge >= 0.3 is 0 Å². The number of nitrogens with one attached hydrogen (secondary N) is 1. The lowest BCUT2D eigenvalue weighted by Crippen LogP contribution is -2.32. The predicted octanol–water partition coefficient (Wildman–Crippen LogP) is 0.901. The van der Waals surface area contributed by atoms with Crippen LogP contribution in [-0.2, 0) is 0 Å². The van der Waals surface area contributed by atoms with Crippen molar-refractivity contribution in [3.8, 4) is 5.75 Å². The molecule has 0 bridgehead atoms. The second-order valence-corrected chi connectivity index (χ2v) is 4.13. The highest BCUT2D eigenvalue weighted by atomic mass is 16.5. The standard InChI is InChI=1S/C13H16N2O3/c1-14-6-3-7-15-12(16)10-5-4-9(18-2)8-11(10)13(15)17/h4-5,8,14H,3,6-7H2,1-2H3. The van der Waals surface area contributed by atoms with E-state index in [2.05, 4.69) is 5.32 Å². The zero-order valence-electron chi connectivity index (χ0n) is 10.5. The van der Waals surface area contributed by atoms with Gasteiger partial charge in [-0.1, -0.05) is 0 Å². The molecule has 0 aliphatic carbocycles. The van der Waals surface area contributed by atoms with Crippen LogP contribution in [0.3, 0.4) is 0 Å². The third-order valence-corrected chi connectivity index (χ3v) is 2.99. The van der Waals surface area contributed by atoms with Crippen LogP contribution < -0.4 is 10.1 Å². The summed E-state index contributed by atoms with van der Waals surface area (Å²) in [7, 11) is 3.38. The fourth-order valence-corrected chi connectivity index (χ4v) is 2.01. The molecule has 1 aliphatic rings. The molecule has 5 heteroatoms. The Balaban J connectivity index is 2.21. The molecule has 2 rings (SSSR count). The smallest absolute Gasteiger partial charge is 0.261 e. The summed E-state index contributed by atoms with van der Waals surface area (Å²) in [5.41, 5.74) is 0.897. The zero-order chi connectivity index (χ0) is 13.1. The van der Waals surface area contributed by atoms with Gasteiger partial charge in [-0.15, -0.1) is 0 Å². The summed E-state index contributed by atoms with van der Waals surface area (Å²) < 4.78 is 5.06. The maximum atomic E-state index is 12.1. The van der Waals surface area contributed by atoms with Crippen LogP contribution in [0.5, 0.6) is 5.75 Å². The highest BCUT2D eigenvalue weighted by Gasteiger charge is 2.35. The molecule has 5 nitrogen and oxygen atoms in total. The second kappa shape index (κ2) is 5.18. The Hall–Kier alpha value is -1.88. The molecule has 0 aromatic heterocycles. The molecule has 1 aliphatic heterocycles. The summed E-state index contributed by atoms with van der Waals surface area (Å²) in [4.78, 5) is 25.4. The van der Waals surface area contributed by atoms with Crippen molar-refractivity contribution in [1.82, 2.24) is 10.2 Å². The minimum absolute atomic E-state index is 0.214. The van der Waals surface area contributed by atoms with E-state index in [0.717, 1.165) is 13.0 Å². The maximum absolute atomic E-state index is 12.1. The number of benzene rings is 1. The molecule has 0 atom stereocenters. The lowest BCUT2D eigenvalue weighted by atomic mass is 10.1. The van der Waals surface area contributed by atoms with Crippen molar-refractivity contribution in [3.63, 3.8) is 0 Å². The van der Waals surface area contributed by atoms with Crippen molar-refractivity contribution in [2.24, 2.45) is 0 Å². The summed E-state index contributed by atoms with van der Waals surface area (Å²) in [5.74, 6) is 0.144. The highest BCUT2D eigenvalue weighted by Crippen LogP contribution is 2.26. The summed E-state index contributed by atoms with van der Waals surface area (Å²) in [6.07, 6.45) is 0.749. The van der Waals surface area contributed by atoms with Gasteiger partial charge in [-0.2, -0.15) is 0 Å². The van der Waals surface area contributed by atoms with Crippen LogP contribution >= 0.6 is 0 Å². The molecule has 1 aromatic carbocycles. The molecule has 2 amide bonds. The van der Waals surface area contributed by atoms with Gasteiger partial charge in [0.05, 0.1) is 18.2 Å². The number of rotatable bonds is 5. The molecule has 0 spiro atoms. The van der Waals surface area contributed by atoms with Crippen LogP contribution in [0.4, 0.5) is 0 Å². The van der Waals surface area contributed by atoms with Gasteiger partial charge in [0.15, 0.2) is 0 Å². The van der Waals surface area contributed by atoms with Crippen LogP contribution in [0.1, 0.15) is 27.1 Å². The van der Waals surface area contributed by atoms with Gasteiger partial charge in [0, 0.05) is 6.54 Å². The number of hydrogen-bond acceptors (Lipinski definition) is 4. The van der Waals surface area contributed by atoms with Crippen molar-refractivity contribution < 1.29 is 14.3 Å². The molecule has 0 radical (unpaired) electrons.